The van der Waals surface area contributed by atoms with Crippen LogP contribution in [-0.4, -0.2) is 17.5 Å². The molecule has 1 aromatic rings. The van der Waals surface area contributed by atoms with Crippen LogP contribution in [-0.2, 0) is 0 Å². The molecule has 1 unspecified atom stereocenters. The molecule has 1 nitrogen and oxygen atoms in total. The van der Waals surface area contributed by atoms with Crippen molar-refractivity contribution in [3.05, 3.63) is 28.2 Å². The van der Waals surface area contributed by atoms with Crippen LogP contribution in [0, 0.1) is 5.41 Å². The molecule has 1 atom stereocenters. The molecule has 1 aliphatic heterocycles. The van der Waals surface area contributed by atoms with Gasteiger partial charge in [0.05, 0.1) is 0 Å². The van der Waals surface area contributed by atoms with E-state index < -0.39 is 0 Å². The van der Waals surface area contributed by atoms with Crippen LogP contribution in [0.15, 0.2) is 18.2 Å². The molecule has 0 radical (unpaired) electrons. The normalized spacial score (nSPS) is 23.4. The molecule has 1 N–H and O–H groups in total. The van der Waals surface area contributed by atoms with Gasteiger partial charge in [0.1, 0.15) is 0 Å². The zero-order valence-corrected chi connectivity index (χ0v) is 12.4. The summed E-state index contributed by atoms with van der Waals surface area (Å²) in [6.07, 6.45) is 1.24. The van der Waals surface area contributed by atoms with Crippen LogP contribution in [0.1, 0.15) is 20.3 Å². The van der Waals surface area contributed by atoms with Crippen LogP contribution in [0.4, 0.5) is 5.69 Å². The van der Waals surface area contributed by atoms with Crippen molar-refractivity contribution < 1.29 is 0 Å². The van der Waals surface area contributed by atoms with E-state index in [0.717, 1.165) is 11.4 Å². The molecule has 1 saturated heterocycles. The van der Waals surface area contributed by atoms with E-state index in [2.05, 4.69) is 19.2 Å². The van der Waals surface area contributed by atoms with Gasteiger partial charge < -0.3 is 5.32 Å². The molecule has 0 aliphatic carbocycles. The summed E-state index contributed by atoms with van der Waals surface area (Å²) in [5.41, 5.74) is 1.34. The molecule has 0 spiro atoms. The van der Waals surface area contributed by atoms with Crippen molar-refractivity contribution in [1.82, 2.24) is 0 Å². The third kappa shape index (κ3) is 3.46. The molecule has 0 aromatic heterocycles. The molecule has 0 bridgehead atoms. The van der Waals surface area contributed by atoms with E-state index >= 15 is 0 Å². The quantitative estimate of drug-likeness (QED) is 0.828. The summed E-state index contributed by atoms with van der Waals surface area (Å²) < 4.78 is 0. The van der Waals surface area contributed by atoms with E-state index in [4.69, 9.17) is 23.2 Å². The highest BCUT2D eigenvalue weighted by Crippen LogP contribution is 2.36. The molecular weight excluding hydrogens is 273 g/mol. The number of thioether (sulfide) groups is 1. The summed E-state index contributed by atoms with van der Waals surface area (Å²) in [6, 6.07) is 6.09. The monoisotopic (exact) mass is 289 g/mol. The third-order valence-corrected chi connectivity index (χ3v) is 4.82. The second kappa shape index (κ2) is 5.29. The summed E-state index contributed by atoms with van der Waals surface area (Å²) in [5, 5.41) is 4.93. The van der Waals surface area contributed by atoms with Crippen molar-refractivity contribution in [3.8, 4) is 0 Å². The first kappa shape index (κ1) is 13.4. The number of rotatable bonds is 2. The summed E-state index contributed by atoms with van der Waals surface area (Å²) in [4.78, 5) is 0. The number of nitrogens with one attached hydrogen (secondary N) is 1. The fraction of sp³-hybridized carbons (Fsp3) is 0.538. The molecule has 2 rings (SSSR count). The predicted octanol–water partition coefficient (Wildman–Crippen LogP) is 4.94. The summed E-state index contributed by atoms with van der Waals surface area (Å²) in [5.74, 6) is 2.39. The first-order chi connectivity index (χ1) is 7.97. The van der Waals surface area contributed by atoms with Crippen LogP contribution in [0.5, 0.6) is 0 Å². The Kier molecular flexibility index (Phi) is 4.17. The highest BCUT2D eigenvalue weighted by atomic mass is 35.5. The van der Waals surface area contributed by atoms with E-state index in [1.165, 1.54) is 12.2 Å². The van der Waals surface area contributed by atoms with Gasteiger partial charge in [-0.3, -0.25) is 0 Å². The van der Waals surface area contributed by atoms with E-state index in [1.54, 1.807) is 6.07 Å². The summed E-state index contributed by atoms with van der Waals surface area (Å²) in [6.45, 7) is 4.63. The molecular formula is C13H17Cl2NS. The first-order valence-corrected chi connectivity index (χ1v) is 7.69. The second-order valence-corrected chi connectivity index (χ2v) is 7.19. The minimum Gasteiger partial charge on any atom is -0.381 e. The lowest BCUT2D eigenvalue weighted by Gasteiger charge is -2.39. The zero-order valence-electron chi connectivity index (χ0n) is 10.1. The van der Waals surface area contributed by atoms with Crippen molar-refractivity contribution in [2.75, 3.05) is 16.8 Å². The minimum absolute atomic E-state index is 0.319. The Morgan fingerprint density at radius 1 is 1.24 bits per heavy atom. The van der Waals surface area contributed by atoms with Crippen LogP contribution in [0.25, 0.3) is 0 Å². The van der Waals surface area contributed by atoms with Gasteiger partial charge in [0.15, 0.2) is 0 Å². The van der Waals surface area contributed by atoms with Crippen LogP contribution in [0.3, 0.4) is 0 Å². The van der Waals surface area contributed by atoms with Crippen molar-refractivity contribution in [1.29, 1.82) is 0 Å². The van der Waals surface area contributed by atoms with Crippen molar-refractivity contribution in [2.24, 2.45) is 5.41 Å². The largest absolute Gasteiger partial charge is 0.381 e. The molecule has 4 heteroatoms. The number of benzene rings is 1. The maximum absolute atomic E-state index is 6.01. The molecule has 0 saturated carbocycles. The lowest BCUT2D eigenvalue weighted by Crippen LogP contribution is -2.41. The minimum atomic E-state index is 0.319. The van der Waals surface area contributed by atoms with Gasteiger partial charge in [-0.1, -0.05) is 37.0 Å². The van der Waals surface area contributed by atoms with Crippen molar-refractivity contribution >= 4 is 40.7 Å². The Bertz CT molecular complexity index is 386. The van der Waals surface area contributed by atoms with Gasteiger partial charge in [-0.25, -0.2) is 0 Å². The number of halogens is 2. The maximum atomic E-state index is 6.01. The number of anilines is 1. The number of hydrogen-bond acceptors (Lipinski definition) is 2. The molecule has 17 heavy (non-hydrogen) atoms. The Balaban J connectivity index is 2.14. The lowest BCUT2D eigenvalue weighted by molar-refractivity contribution is 0.305. The van der Waals surface area contributed by atoms with Crippen LogP contribution < -0.4 is 5.32 Å². The molecule has 94 valence electrons. The van der Waals surface area contributed by atoms with Gasteiger partial charge in [-0.2, -0.15) is 11.8 Å². The van der Waals surface area contributed by atoms with Crippen LogP contribution in [0.2, 0.25) is 10.0 Å². The molecule has 0 amide bonds. The van der Waals surface area contributed by atoms with Gasteiger partial charge in [0, 0.05) is 27.5 Å². The highest BCUT2D eigenvalue weighted by Gasteiger charge is 2.32. The maximum Gasteiger partial charge on any atom is 0.0441 e. The van der Waals surface area contributed by atoms with Gasteiger partial charge in [0.2, 0.25) is 0 Å². The zero-order chi connectivity index (χ0) is 12.5. The van der Waals surface area contributed by atoms with Crippen molar-refractivity contribution in [3.63, 3.8) is 0 Å². The SMILES string of the molecule is CC1(C)CCSCC1Nc1cc(Cl)cc(Cl)c1. The van der Waals surface area contributed by atoms with Crippen molar-refractivity contribution in [2.45, 2.75) is 26.3 Å². The lowest BCUT2D eigenvalue weighted by atomic mass is 9.82. The molecule has 1 aromatic carbocycles. The number of hydrogen-bond donors (Lipinski definition) is 1. The average Bonchev–Trinajstić information content (AvgIpc) is 2.19. The van der Waals surface area contributed by atoms with E-state index in [-0.39, 0.29) is 0 Å². The Morgan fingerprint density at radius 2 is 1.88 bits per heavy atom. The van der Waals surface area contributed by atoms with E-state index in [1.807, 2.05) is 23.9 Å². The Morgan fingerprint density at radius 3 is 2.47 bits per heavy atom. The predicted molar refractivity (Wildman–Crippen MR) is 79.6 cm³/mol. The van der Waals surface area contributed by atoms with Crippen LogP contribution >= 0.6 is 35.0 Å². The fourth-order valence-electron chi connectivity index (χ4n) is 2.01. The Labute approximate surface area is 117 Å². The highest BCUT2D eigenvalue weighted by molar-refractivity contribution is 7.99. The molecule has 1 aliphatic rings. The van der Waals surface area contributed by atoms with Gasteiger partial charge >= 0.3 is 0 Å². The Hall–Kier alpha value is -0.0500. The smallest absolute Gasteiger partial charge is 0.0441 e. The second-order valence-electron chi connectivity index (χ2n) is 5.17. The van der Waals surface area contributed by atoms with Gasteiger partial charge in [0.25, 0.3) is 0 Å². The van der Waals surface area contributed by atoms with Gasteiger partial charge in [-0.15, -0.1) is 0 Å². The van der Waals surface area contributed by atoms with E-state index in [9.17, 15) is 0 Å². The standard InChI is InChI=1S/C13H17Cl2NS/c1-13(2)3-4-17-8-12(13)16-11-6-9(14)5-10(15)7-11/h5-7,12,16H,3-4,8H2,1-2H3. The summed E-state index contributed by atoms with van der Waals surface area (Å²) in [7, 11) is 0. The fourth-order valence-corrected chi connectivity index (χ4v) is 4.14. The summed E-state index contributed by atoms with van der Waals surface area (Å²) >= 11 is 14.0. The molecule has 1 fully saturated rings. The van der Waals surface area contributed by atoms with Gasteiger partial charge in [-0.05, 0) is 35.8 Å². The first-order valence-electron chi connectivity index (χ1n) is 5.78. The topological polar surface area (TPSA) is 12.0 Å². The third-order valence-electron chi connectivity index (χ3n) is 3.32. The van der Waals surface area contributed by atoms with E-state index in [0.29, 0.717) is 21.5 Å². The average molecular weight is 290 g/mol. The molecule has 1 heterocycles.